The van der Waals surface area contributed by atoms with Crippen LogP contribution in [0.25, 0.3) is 0 Å². The molecule has 0 aliphatic heterocycles. The van der Waals surface area contributed by atoms with Crippen LogP contribution in [-0.4, -0.2) is 11.0 Å². The van der Waals surface area contributed by atoms with Gasteiger partial charge in [0.25, 0.3) is 5.91 Å². The zero-order valence-corrected chi connectivity index (χ0v) is 11.4. The lowest BCUT2D eigenvalue weighted by Crippen LogP contribution is -2.23. The van der Waals surface area contributed by atoms with Gasteiger partial charge in [-0.15, -0.1) is 0 Å². The van der Waals surface area contributed by atoms with E-state index in [9.17, 15) is 9.18 Å². The summed E-state index contributed by atoms with van der Waals surface area (Å²) in [7, 11) is 0. The number of carbonyl (C=O) groups excluding carboxylic acids is 1. The second-order valence-corrected chi connectivity index (χ2v) is 4.89. The number of aromatic hydroxyl groups is 1. The number of halogens is 2. The van der Waals surface area contributed by atoms with Gasteiger partial charge in [-0.25, -0.2) is 4.39 Å². The fraction of sp³-hybridized carbons (Fsp3) is 0.0714. The number of amides is 1. The molecule has 0 spiro atoms. The molecule has 2 rings (SSSR count). The Bertz CT molecular complexity index is 599. The van der Waals surface area contributed by atoms with E-state index in [1.807, 2.05) is 0 Å². The number of phenols is 1. The van der Waals surface area contributed by atoms with Gasteiger partial charge in [-0.3, -0.25) is 4.79 Å². The average molecular weight is 324 g/mol. The van der Waals surface area contributed by atoms with E-state index in [2.05, 4.69) is 21.2 Å². The Balaban J connectivity index is 2.03. The summed E-state index contributed by atoms with van der Waals surface area (Å²) in [5.41, 5.74) is 0.825. The normalized spacial score (nSPS) is 10.2. The van der Waals surface area contributed by atoms with Crippen LogP contribution >= 0.6 is 15.9 Å². The Morgan fingerprint density at radius 1 is 1.21 bits per heavy atom. The number of nitrogens with one attached hydrogen (secondary N) is 1. The van der Waals surface area contributed by atoms with Crippen LogP contribution in [0.2, 0.25) is 0 Å². The molecule has 0 saturated carbocycles. The van der Waals surface area contributed by atoms with Crippen molar-refractivity contribution in [1.29, 1.82) is 0 Å². The smallest absolute Gasteiger partial charge is 0.254 e. The summed E-state index contributed by atoms with van der Waals surface area (Å²) in [4.78, 5) is 11.8. The zero-order chi connectivity index (χ0) is 13.8. The van der Waals surface area contributed by atoms with Gasteiger partial charge in [-0.1, -0.05) is 28.1 Å². The molecule has 0 aromatic heterocycles. The van der Waals surface area contributed by atoms with Crippen molar-refractivity contribution >= 4 is 21.8 Å². The van der Waals surface area contributed by atoms with E-state index < -0.39 is 11.7 Å². The third-order valence-corrected chi connectivity index (χ3v) is 3.06. The van der Waals surface area contributed by atoms with Gasteiger partial charge in [0.2, 0.25) is 0 Å². The predicted octanol–water partition coefficient (Wildman–Crippen LogP) is 3.22. The topological polar surface area (TPSA) is 49.3 Å². The molecule has 0 fully saturated rings. The lowest BCUT2D eigenvalue weighted by atomic mass is 10.2. The molecule has 5 heteroatoms. The van der Waals surface area contributed by atoms with Crippen molar-refractivity contribution in [2.45, 2.75) is 6.54 Å². The lowest BCUT2D eigenvalue weighted by molar-refractivity contribution is 0.0947. The Labute approximate surface area is 118 Å². The van der Waals surface area contributed by atoms with E-state index in [-0.39, 0.29) is 17.9 Å². The molecule has 1 amide bonds. The fourth-order valence-corrected chi connectivity index (χ4v) is 1.90. The zero-order valence-electron chi connectivity index (χ0n) is 9.86. The minimum absolute atomic E-state index is 0.00183. The third-order valence-electron chi connectivity index (χ3n) is 2.57. The number of benzene rings is 2. The summed E-state index contributed by atoms with van der Waals surface area (Å²) in [6, 6.07) is 10.7. The molecule has 0 unspecified atom stereocenters. The monoisotopic (exact) mass is 323 g/mol. The minimum atomic E-state index is -0.572. The summed E-state index contributed by atoms with van der Waals surface area (Å²) in [6.07, 6.45) is 0. The Kier molecular flexibility index (Phi) is 4.16. The maximum Gasteiger partial charge on any atom is 0.254 e. The number of rotatable bonds is 3. The first kappa shape index (κ1) is 13.5. The van der Waals surface area contributed by atoms with Gasteiger partial charge in [0.1, 0.15) is 11.6 Å². The molecule has 2 N–H and O–H groups in total. The number of hydrogen-bond donors (Lipinski definition) is 2. The Hall–Kier alpha value is -1.88. The fourth-order valence-electron chi connectivity index (χ4n) is 1.56. The van der Waals surface area contributed by atoms with Gasteiger partial charge >= 0.3 is 0 Å². The lowest BCUT2D eigenvalue weighted by Gasteiger charge is -2.06. The molecular formula is C14H11BrFNO2. The van der Waals surface area contributed by atoms with Crippen molar-refractivity contribution in [2.24, 2.45) is 0 Å². The molecular weight excluding hydrogens is 313 g/mol. The standard InChI is InChI=1S/C14H11BrFNO2/c15-10-3-6-12(13(16)7-10)14(19)17-8-9-1-4-11(18)5-2-9/h1-7,18H,8H2,(H,17,19). The molecule has 19 heavy (non-hydrogen) atoms. The summed E-state index contributed by atoms with van der Waals surface area (Å²) < 4.78 is 14.1. The van der Waals surface area contributed by atoms with Gasteiger partial charge < -0.3 is 10.4 Å². The molecule has 2 aromatic rings. The molecule has 3 nitrogen and oxygen atoms in total. The van der Waals surface area contributed by atoms with Crippen LogP contribution in [-0.2, 0) is 6.54 Å². The van der Waals surface area contributed by atoms with Crippen molar-refractivity contribution in [3.8, 4) is 5.75 Å². The SMILES string of the molecule is O=C(NCc1ccc(O)cc1)c1ccc(Br)cc1F. The van der Waals surface area contributed by atoms with E-state index in [1.165, 1.54) is 24.3 Å². The van der Waals surface area contributed by atoms with Gasteiger partial charge in [0.15, 0.2) is 0 Å². The summed E-state index contributed by atoms with van der Waals surface area (Å²) in [6.45, 7) is 0.272. The van der Waals surface area contributed by atoms with Crippen LogP contribution in [0.5, 0.6) is 5.75 Å². The van der Waals surface area contributed by atoms with E-state index in [4.69, 9.17) is 5.11 Å². The van der Waals surface area contributed by atoms with Crippen LogP contribution in [0.4, 0.5) is 4.39 Å². The van der Waals surface area contributed by atoms with Crippen LogP contribution < -0.4 is 5.32 Å². The third kappa shape index (κ3) is 3.54. The molecule has 0 radical (unpaired) electrons. The highest BCUT2D eigenvalue weighted by molar-refractivity contribution is 9.10. The largest absolute Gasteiger partial charge is 0.508 e. The Morgan fingerprint density at radius 2 is 1.89 bits per heavy atom. The van der Waals surface area contributed by atoms with Crippen LogP contribution in [0.3, 0.4) is 0 Å². The van der Waals surface area contributed by atoms with Gasteiger partial charge in [0, 0.05) is 11.0 Å². The van der Waals surface area contributed by atoms with E-state index >= 15 is 0 Å². The van der Waals surface area contributed by atoms with Crippen molar-refractivity contribution in [3.05, 3.63) is 63.9 Å². The maximum absolute atomic E-state index is 13.6. The summed E-state index contributed by atoms with van der Waals surface area (Å²) >= 11 is 3.13. The van der Waals surface area contributed by atoms with Crippen molar-refractivity contribution in [2.75, 3.05) is 0 Å². The summed E-state index contributed by atoms with van der Waals surface area (Å²) in [5, 5.41) is 11.8. The van der Waals surface area contributed by atoms with Gasteiger partial charge in [-0.05, 0) is 35.9 Å². The predicted molar refractivity (Wildman–Crippen MR) is 73.4 cm³/mol. The van der Waals surface area contributed by atoms with Gasteiger partial charge in [0.05, 0.1) is 5.56 Å². The van der Waals surface area contributed by atoms with Gasteiger partial charge in [-0.2, -0.15) is 0 Å². The first-order valence-corrected chi connectivity index (χ1v) is 6.37. The minimum Gasteiger partial charge on any atom is -0.508 e. The highest BCUT2D eigenvalue weighted by Gasteiger charge is 2.11. The molecule has 0 bridgehead atoms. The number of phenolic OH excluding ortho intramolecular Hbond substituents is 1. The Morgan fingerprint density at radius 3 is 2.53 bits per heavy atom. The number of carbonyl (C=O) groups is 1. The molecule has 0 saturated heterocycles. The second-order valence-electron chi connectivity index (χ2n) is 3.97. The van der Waals surface area contributed by atoms with Crippen LogP contribution in [0.1, 0.15) is 15.9 Å². The molecule has 0 aliphatic carbocycles. The highest BCUT2D eigenvalue weighted by atomic mass is 79.9. The van der Waals surface area contributed by atoms with E-state index in [0.29, 0.717) is 4.47 Å². The van der Waals surface area contributed by atoms with E-state index in [1.54, 1.807) is 18.2 Å². The van der Waals surface area contributed by atoms with E-state index in [0.717, 1.165) is 5.56 Å². The van der Waals surface area contributed by atoms with Crippen molar-refractivity contribution < 1.29 is 14.3 Å². The maximum atomic E-state index is 13.6. The van der Waals surface area contributed by atoms with Crippen molar-refractivity contribution in [1.82, 2.24) is 5.32 Å². The second kappa shape index (κ2) is 5.84. The molecule has 0 atom stereocenters. The average Bonchev–Trinajstić information content (AvgIpc) is 2.37. The quantitative estimate of drug-likeness (QED) is 0.911. The number of hydrogen-bond acceptors (Lipinski definition) is 2. The first-order valence-electron chi connectivity index (χ1n) is 5.57. The molecule has 2 aromatic carbocycles. The highest BCUT2D eigenvalue weighted by Crippen LogP contribution is 2.15. The molecule has 0 heterocycles. The molecule has 98 valence electrons. The van der Waals surface area contributed by atoms with Crippen molar-refractivity contribution in [3.63, 3.8) is 0 Å². The molecule has 0 aliphatic rings. The first-order chi connectivity index (χ1) is 9.06. The van der Waals surface area contributed by atoms with Crippen LogP contribution in [0.15, 0.2) is 46.9 Å². The summed E-state index contributed by atoms with van der Waals surface area (Å²) in [5.74, 6) is -0.885. The van der Waals surface area contributed by atoms with Crippen LogP contribution in [0, 0.1) is 5.82 Å².